The first-order valence-electron chi connectivity index (χ1n) is 9.65. The molecule has 1 atom stereocenters. The summed E-state index contributed by atoms with van der Waals surface area (Å²) in [6.45, 7) is 3.88. The fraction of sp³-hybridized carbons (Fsp3) is 0.409. The number of amides is 1. The van der Waals surface area contributed by atoms with Gasteiger partial charge < -0.3 is 14.8 Å². The van der Waals surface area contributed by atoms with Crippen molar-refractivity contribution in [3.05, 3.63) is 58.9 Å². The molecule has 1 aromatic heterocycles. The number of fused-ring (bicyclic) bond motifs is 1. The third kappa shape index (κ3) is 5.09. The summed E-state index contributed by atoms with van der Waals surface area (Å²) in [5, 5.41) is 2.98. The molecule has 3 rings (SSSR count). The molecule has 6 nitrogen and oxygen atoms in total. The van der Waals surface area contributed by atoms with Crippen molar-refractivity contribution in [3.63, 3.8) is 0 Å². The van der Waals surface area contributed by atoms with Gasteiger partial charge in [-0.25, -0.2) is 0 Å². The lowest BCUT2D eigenvalue weighted by Crippen LogP contribution is -2.27. The normalized spacial score (nSPS) is 13.3. The molecule has 6 heteroatoms. The molecule has 0 saturated carbocycles. The molecule has 148 valence electrons. The Morgan fingerprint density at radius 2 is 2.29 bits per heavy atom. The van der Waals surface area contributed by atoms with E-state index in [2.05, 4.69) is 28.5 Å². The van der Waals surface area contributed by atoms with Gasteiger partial charge in [-0.2, -0.15) is 0 Å². The van der Waals surface area contributed by atoms with Gasteiger partial charge in [0.15, 0.2) is 0 Å². The van der Waals surface area contributed by atoms with Gasteiger partial charge in [0, 0.05) is 37.7 Å². The van der Waals surface area contributed by atoms with Crippen molar-refractivity contribution < 1.29 is 19.1 Å². The smallest absolute Gasteiger partial charge is 0.293 e. The van der Waals surface area contributed by atoms with Crippen LogP contribution >= 0.6 is 0 Å². The van der Waals surface area contributed by atoms with Crippen molar-refractivity contribution in [1.82, 2.24) is 10.3 Å². The van der Waals surface area contributed by atoms with Gasteiger partial charge in [-0.1, -0.05) is 18.2 Å². The van der Waals surface area contributed by atoms with E-state index in [9.17, 15) is 9.59 Å². The number of carbonyl (C=O) groups is 2. The average molecular weight is 382 g/mol. The van der Waals surface area contributed by atoms with E-state index in [-0.39, 0.29) is 24.9 Å². The number of hydrogen-bond donors (Lipinski definition) is 1. The second-order valence-corrected chi connectivity index (χ2v) is 7.02. The maximum atomic E-state index is 12.4. The second-order valence-electron chi connectivity index (χ2n) is 7.02. The van der Waals surface area contributed by atoms with E-state index in [1.54, 1.807) is 12.4 Å². The van der Waals surface area contributed by atoms with E-state index in [0.29, 0.717) is 13.0 Å². The summed E-state index contributed by atoms with van der Waals surface area (Å²) in [7, 11) is 0. The van der Waals surface area contributed by atoms with Gasteiger partial charge in [0.1, 0.15) is 5.75 Å². The zero-order chi connectivity index (χ0) is 19.8. The molecule has 0 radical (unpaired) electrons. The molecule has 0 saturated heterocycles. The van der Waals surface area contributed by atoms with Crippen LogP contribution in [0.2, 0.25) is 0 Å². The number of hydrogen-bond acceptors (Lipinski definition) is 5. The number of nitrogens with zero attached hydrogens (tertiary/aromatic N) is 1. The highest BCUT2D eigenvalue weighted by Crippen LogP contribution is 2.30. The van der Waals surface area contributed by atoms with E-state index in [1.807, 2.05) is 13.0 Å². The van der Waals surface area contributed by atoms with E-state index in [4.69, 9.17) is 9.47 Å². The zero-order valence-corrected chi connectivity index (χ0v) is 16.1. The lowest BCUT2D eigenvalue weighted by Gasteiger charge is -2.18. The van der Waals surface area contributed by atoms with E-state index in [1.165, 1.54) is 11.1 Å². The highest BCUT2D eigenvalue weighted by Gasteiger charge is 2.19. The minimum Gasteiger partial charge on any atom is -0.493 e. The van der Waals surface area contributed by atoms with Crippen LogP contribution in [-0.2, 0) is 27.2 Å². The Kier molecular flexibility index (Phi) is 7.00. The SMILES string of the molecule is Cc1cnccc1C(COC=O)CC(=O)NCCCc1cccc2c1OCC2. The van der Waals surface area contributed by atoms with Crippen molar-refractivity contribution >= 4 is 12.4 Å². The molecule has 1 N–H and O–H groups in total. The molecular weight excluding hydrogens is 356 g/mol. The molecule has 1 amide bonds. The second kappa shape index (κ2) is 9.88. The van der Waals surface area contributed by atoms with Crippen LogP contribution in [-0.4, -0.2) is 37.1 Å². The monoisotopic (exact) mass is 382 g/mol. The van der Waals surface area contributed by atoms with Crippen LogP contribution in [0.1, 0.15) is 41.0 Å². The van der Waals surface area contributed by atoms with Crippen molar-refractivity contribution in [1.29, 1.82) is 0 Å². The van der Waals surface area contributed by atoms with E-state index < -0.39 is 0 Å². The third-order valence-corrected chi connectivity index (χ3v) is 5.04. The zero-order valence-electron chi connectivity index (χ0n) is 16.1. The number of rotatable bonds is 10. The summed E-state index contributed by atoms with van der Waals surface area (Å²) in [5.41, 5.74) is 4.43. The molecule has 2 aromatic rings. The number of aromatic nitrogens is 1. The largest absolute Gasteiger partial charge is 0.493 e. The van der Waals surface area contributed by atoms with Gasteiger partial charge in [0.25, 0.3) is 6.47 Å². The number of benzene rings is 1. The predicted molar refractivity (Wildman–Crippen MR) is 105 cm³/mol. The van der Waals surface area contributed by atoms with Crippen LogP contribution < -0.4 is 10.1 Å². The summed E-state index contributed by atoms with van der Waals surface area (Å²) in [4.78, 5) is 27.1. The Balaban J connectivity index is 1.49. The molecular formula is C22H26N2O4. The molecule has 0 bridgehead atoms. The Morgan fingerprint density at radius 3 is 3.11 bits per heavy atom. The first kappa shape index (κ1) is 19.9. The van der Waals surface area contributed by atoms with Gasteiger partial charge in [0.2, 0.25) is 5.91 Å². The van der Waals surface area contributed by atoms with Crippen LogP contribution in [0.3, 0.4) is 0 Å². The quantitative estimate of drug-likeness (QED) is 0.505. The Bertz CT molecular complexity index is 822. The highest BCUT2D eigenvalue weighted by molar-refractivity contribution is 5.77. The lowest BCUT2D eigenvalue weighted by atomic mass is 9.93. The summed E-state index contributed by atoms with van der Waals surface area (Å²) in [6, 6.07) is 8.13. The Morgan fingerprint density at radius 1 is 1.39 bits per heavy atom. The van der Waals surface area contributed by atoms with Crippen molar-refractivity contribution in [3.8, 4) is 5.75 Å². The van der Waals surface area contributed by atoms with Crippen LogP contribution in [0, 0.1) is 6.92 Å². The van der Waals surface area contributed by atoms with E-state index in [0.717, 1.165) is 42.7 Å². The minimum atomic E-state index is -0.181. The van der Waals surface area contributed by atoms with Crippen molar-refractivity contribution in [2.24, 2.45) is 0 Å². The molecule has 1 aliphatic rings. The van der Waals surface area contributed by atoms with Crippen LogP contribution in [0.4, 0.5) is 0 Å². The molecule has 2 heterocycles. The van der Waals surface area contributed by atoms with Crippen LogP contribution in [0.5, 0.6) is 5.75 Å². The van der Waals surface area contributed by atoms with Crippen LogP contribution in [0.15, 0.2) is 36.7 Å². The summed E-state index contributed by atoms with van der Waals surface area (Å²) < 4.78 is 10.7. The maximum absolute atomic E-state index is 12.4. The number of carbonyl (C=O) groups excluding carboxylic acids is 2. The van der Waals surface area contributed by atoms with Gasteiger partial charge in [-0.15, -0.1) is 0 Å². The fourth-order valence-corrected chi connectivity index (χ4v) is 3.64. The Labute approximate surface area is 165 Å². The summed E-state index contributed by atoms with van der Waals surface area (Å²) >= 11 is 0. The maximum Gasteiger partial charge on any atom is 0.293 e. The van der Waals surface area contributed by atoms with Crippen molar-refractivity contribution in [2.75, 3.05) is 19.8 Å². The number of pyridine rings is 1. The molecule has 0 aliphatic carbocycles. The topological polar surface area (TPSA) is 77.5 Å². The molecule has 1 aromatic carbocycles. The van der Waals surface area contributed by atoms with Crippen LogP contribution in [0.25, 0.3) is 0 Å². The third-order valence-electron chi connectivity index (χ3n) is 5.04. The average Bonchev–Trinajstić information content (AvgIpc) is 3.18. The molecule has 0 fully saturated rings. The number of para-hydroxylation sites is 1. The summed E-state index contributed by atoms with van der Waals surface area (Å²) in [6.07, 6.45) is 6.39. The molecule has 1 unspecified atom stereocenters. The number of nitrogens with one attached hydrogen (secondary N) is 1. The first-order chi connectivity index (χ1) is 13.7. The molecule has 0 spiro atoms. The molecule has 1 aliphatic heterocycles. The fourth-order valence-electron chi connectivity index (χ4n) is 3.64. The van der Waals surface area contributed by atoms with Crippen molar-refractivity contribution in [2.45, 2.75) is 38.5 Å². The number of ether oxygens (including phenoxy) is 2. The Hall–Kier alpha value is -2.89. The lowest BCUT2D eigenvalue weighted by molar-refractivity contribution is -0.130. The first-order valence-corrected chi connectivity index (χ1v) is 9.65. The molecule has 28 heavy (non-hydrogen) atoms. The van der Waals surface area contributed by atoms with Gasteiger partial charge in [-0.3, -0.25) is 14.6 Å². The minimum absolute atomic E-state index is 0.0507. The highest BCUT2D eigenvalue weighted by atomic mass is 16.5. The van der Waals surface area contributed by atoms with E-state index >= 15 is 0 Å². The number of aryl methyl sites for hydroxylation is 2. The van der Waals surface area contributed by atoms with Gasteiger partial charge >= 0.3 is 0 Å². The van der Waals surface area contributed by atoms with Gasteiger partial charge in [-0.05, 0) is 48.1 Å². The summed E-state index contributed by atoms with van der Waals surface area (Å²) in [5.74, 6) is 0.789. The predicted octanol–water partition coefficient (Wildman–Crippen LogP) is 2.72. The standard InChI is InChI=1S/C22H26N2O4/c1-16-13-23-10-7-20(16)19(14-27-15-25)12-21(26)24-9-3-6-17-4-2-5-18-8-11-28-22(17)18/h2,4-5,7,10,13,15,19H,3,6,8-9,11-12,14H2,1H3,(H,24,26). The van der Waals surface area contributed by atoms with Gasteiger partial charge in [0.05, 0.1) is 13.2 Å².